The first kappa shape index (κ1) is 23.3. The Balaban J connectivity index is 0.00000280. The molecule has 2 fully saturated rings. The van der Waals surface area contributed by atoms with Crippen LogP contribution in [0.25, 0.3) is 0 Å². The number of piperazine rings is 1. The lowest BCUT2D eigenvalue weighted by Gasteiger charge is -2.38. The normalized spacial score (nSPS) is 21.0. The first-order valence-corrected chi connectivity index (χ1v) is 10.6. The Hall–Kier alpha value is -1.02. The molecule has 0 amide bonds. The van der Waals surface area contributed by atoms with Gasteiger partial charge >= 0.3 is 0 Å². The summed E-state index contributed by atoms with van der Waals surface area (Å²) in [5.74, 6) is 1.83. The van der Waals surface area contributed by atoms with Gasteiger partial charge in [0.1, 0.15) is 0 Å². The van der Waals surface area contributed by atoms with Crippen LogP contribution in [0.1, 0.15) is 30.9 Å². The fourth-order valence-corrected chi connectivity index (χ4v) is 4.40. The topological polar surface area (TPSA) is 34.1 Å². The highest BCUT2D eigenvalue weighted by molar-refractivity contribution is 14.0. The maximum absolute atomic E-state index is 4.56. The molecule has 3 rings (SSSR count). The Morgan fingerprint density at radius 2 is 1.89 bits per heavy atom. The molecule has 0 spiro atoms. The van der Waals surface area contributed by atoms with Gasteiger partial charge in [-0.05, 0) is 62.9 Å². The molecule has 2 saturated heterocycles. The van der Waals surface area contributed by atoms with Gasteiger partial charge in [0.2, 0.25) is 0 Å². The van der Waals surface area contributed by atoms with Gasteiger partial charge in [0, 0.05) is 52.0 Å². The summed E-state index contributed by atoms with van der Waals surface area (Å²) >= 11 is 0. The summed E-state index contributed by atoms with van der Waals surface area (Å²) < 4.78 is 0. The van der Waals surface area contributed by atoms with E-state index in [0.717, 1.165) is 44.6 Å². The number of nitrogens with one attached hydrogen (secondary N) is 1. The van der Waals surface area contributed by atoms with Crippen LogP contribution in [0.4, 0.5) is 5.69 Å². The molecule has 2 aliphatic heterocycles. The van der Waals surface area contributed by atoms with E-state index >= 15 is 0 Å². The van der Waals surface area contributed by atoms with Crippen LogP contribution in [-0.2, 0) is 0 Å². The number of hydrogen-bond donors (Lipinski definition) is 1. The molecule has 0 radical (unpaired) electrons. The van der Waals surface area contributed by atoms with E-state index in [1.807, 2.05) is 7.05 Å². The average Bonchev–Trinajstić information content (AvgIpc) is 3.13. The number of hydrogen-bond acceptors (Lipinski definition) is 3. The molecule has 1 aromatic carbocycles. The van der Waals surface area contributed by atoms with Crippen LogP contribution in [0.2, 0.25) is 0 Å². The van der Waals surface area contributed by atoms with E-state index < -0.39 is 0 Å². The van der Waals surface area contributed by atoms with E-state index in [2.05, 4.69) is 64.0 Å². The first-order valence-electron chi connectivity index (χ1n) is 10.6. The van der Waals surface area contributed by atoms with Crippen LogP contribution in [0.15, 0.2) is 23.2 Å². The average molecular weight is 499 g/mol. The largest absolute Gasteiger partial charge is 0.368 e. The molecule has 1 atom stereocenters. The van der Waals surface area contributed by atoms with E-state index in [1.54, 1.807) is 0 Å². The Morgan fingerprint density at radius 1 is 1.14 bits per heavy atom. The standard InChI is InChI=1S/C22H37N5.HI/c1-5-10-25-11-9-20(17-25)16-24-22(23-4)27-14-12-26(13-15-27)21-8-6-7-18(2)19(21)3;/h6-8,20H,5,9-17H2,1-4H3,(H,23,24);1H. The number of aliphatic imine (C=N–C) groups is 1. The summed E-state index contributed by atoms with van der Waals surface area (Å²) in [7, 11) is 1.91. The second kappa shape index (κ2) is 11.2. The smallest absolute Gasteiger partial charge is 0.193 e. The van der Waals surface area contributed by atoms with Gasteiger partial charge in [-0.2, -0.15) is 0 Å². The number of benzene rings is 1. The third-order valence-corrected chi connectivity index (χ3v) is 6.17. The molecule has 5 nitrogen and oxygen atoms in total. The molecule has 2 aliphatic rings. The van der Waals surface area contributed by atoms with E-state index in [9.17, 15) is 0 Å². The third-order valence-electron chi connectivity index (χ3n) is 6.17. The lowest BCUT2D eigenvalue weighted by Crippen LogP contribution is -2.53. The van der Waals surface area contributed by atoms with Gasteiger partial charge in [-0.1, -0.05) is 19.1 Å². The molecule has 2 heterocycles. The molecular formula is C22H38IN5. The predicted molar refractivity (Wildman–Crippen MR) is 131 cm³/mol. The van der Waals surface area contributed by atoms with E-state index in [4.69, 9.17) is 0 Å². The van der Waals surface area contributed by atoms with Crippen molar-refractivity contribution in [3.8, 4) is 0 Å². The van der Waals surface area contributed by atoms with E-state index in [-0.39, 0.29) is 24.0 Å². The van der Waals surface area contributed by atoms with E-state index in [1.165, 1.54) is 49.3 Å². The second-order valence-corrected chi connectivity index (χ2v) is 8.08. The van der Waals surface area contributed by atoms with Crippen molar-refractivity contribution in [3.63, 3.8) is 0 Å². The molecule has 1 N–H and O–H groups in total. The van der Waals surface area contributed by atoms with Crippen molar-refractivity contribution in [2.45, 2.75) is 33.6 Å². The lowest BCUT2D eigenvalue weighted by molar-refractivity contribution is 0.322. The highest BCUT2D eigenvalue weighted by Gasteiger charge is 2.24. The van der Waals surface area contributed by atoms with Crippen LogP contribution < -0.4 is 10.2 Å². The number of nitrogens with zero attached hydrogens (tertiary/aromatic N) is 4. The van der Waals surface area contributed by atoms with E-state index in [0.29, 0.717) is 0 Å². The molecular weight excluding hydrogens is 461 g/mol. The number of aryl methyl sites for hydroxylation is 1. The van der Waals surface area contributed by atoms with Crippen molar-refractivity contribution in [2.24, 2.45) is 10.9 Å². The minimum Gasteiger partial charge on any atom is -0.368 e. The fourth-order valence-electron chi connectivity index (χ4n) is 4.40. The van der Waals surface area contributed by atoms with Gasteiger partial charge in [-0.25, -0.2) is 0 Å². The molecule has 0 saturated carbocycles. The number of halogens is 1. The summed E-state index contributed by atoms with van der Waals surface area (Å²) in [6, 6.07) is 6.63. The monoisotopic (exact) mass is 499 g/mol. The van der Waals surface area contributed by atoms with Gasteiger partial charge in [0.05, 0.1) is 0 Å². The number of rotatable bonds is 5. The zero-order valence-corrected chi connectivity index (χ0v) is 20.4. The van der Waals surface area contributed by atoms with Crippen molar-refractivity contribution >= 4 is 35.6 Å². The predicted octanol–water partition coefficient (Wildman–Crippen LogP) is 3.35. The maximum Gasteiger partial charge on any atom is 0.193 e. The molecule has 0 aromatic heterocycles. The Kier molecular flexibility index (Phi) is 9.34. The molecule has 1 unspecified atom stereocenters. The molecule has 0 bridgehead atoms. The van der Waals surface area contributed by atoms with Crippen molar-refractivity contribution in [1.29, 1.82) is 0 Å². The Bertz CT molecular complexity index is 640. The van der Waals surface area contributed by atoms with Crippen molar-refractivity contribution in [1.82, 2.24) is 15.1 Å². The van der Waals surface area contributed by atoms with Gasteiger partial charge in [-0.15, -0.1) is 24.0 Å². The third kappa shape index (κ3) is 5.75. The molecule has 158 valence electrons. The summed E-state index contributed by atoms with van der Waals surface area (Å²) in [4.78, 5) is 12.1. The van der Waals surface area contributed by atoms with Crippen LogP contribution >= 0.6 is 24.0 Å². The van der Waals surface area contributed by atoms with Crippen LogP contribution in [-0.4, -0.2) is 75.2 Å². The molecule has 0 aliphatic carbocycles. The Labute approximate surface area is 188 Å². The molecule has 1 aromatic rings. The van der Waals surface area contributed by atoms with Gasteiger partial charge < -0.3 is 20.0 Å². The summed E-state index contributed by atoms with van der Waals surface area (Å²) in [5, 5.41) is 3.65. The first-order chi connectivity index (χ1) is 13.1. The van der Waals surface area contributed by atoms with Crippen LogP contribution in [0.3, 0.4) is 0 Å². The highest BCUT2D eigenvalue weighted by atomic mass is 127. The SMILES string of the molecule is CCCN1CCC(CNC(=NC)N2CCN(c3cccc(C)c3C)CC2)C1.I. The number of likely N-dealkylation sites (tertiary alicyclic amines) is 1. The van der Waals surface area contributed by atoms with Crippen molar-refractivity contribution in [3.05, 3.63) is 29.3 Å². The number of anilines is 1. The zero-order valence-electron chi connectivity index (χ0n) is 18.1. The summed E-state index contributed by atoms with van der Waals surface area (Å²) in [6.45, 7) is 15.6. The van der Waals surface area contributed by atoms with Gasteiger partial charge in [0.25, 0.3) is 0 Å². The molecule has 28 heavy (non-hydrogen) atoms. The lowest BCUT2D eigenvalue weighted by atomic mass is 10.1. The second-order valence-electron chi connectivity index (χ2n) is 8.08. The zero-order chi connectivity index (χ0) is 19.2. The van der Waals surface area contributed by atoms with Crippen molar-refractivity contribution < 1.29 is 0 Å². The quantitative estimate of drug-likeness (QED) is 0.383. The summed E-state index contributed by atoms with van der Waals surface area (Å²) in [6.07, 6.45) is 2.57. The Morgan fingerprint density at radius 3 is 2.57 bits per heavy atom. The summed E-state index contributed by atoms with van der Waals surface area (Å²) in [5.41, 5.74) is 4.17. The number of guanidine groups is 1. The maximum atomic E-state index is 4.56. The molecule has 6 heteroatoms. The van der Waals surface area contributed by atoms with Gasteiger partial charge in [-0.3, -0.25) is 4.99 Å². The highest BCUT2D eigenvalue weighted by Crippen LogP contribution is 2.24. The van der Waals surface area contributed by atoms with Crippen LogP contribution in [0, 0.1) is 19.8 Å². The van der Waals surface area contributed by atoms with Gasteiger partial charge in [0.15, 0.2) is 5.96 Å². The minimum atomic E-state index is 0. The fraction of sp³-hybridized carbons (Fsp3) is 0.682. The van der Waals surface area contributed by atoms with Crippen LogP contribution in [0.5, 0.6) is 0 Å². The minimum absolute atomic E-state index is 0. The van der Waals surface area contributed by atoms with Crippen molar-refractivity contribution in [2.75, 3.05) is 64.3 Å².